The molecule has 0 spiro atoms. The van der Waals surface area contributed by atoms with Gasteiger partial charge in [0.15, 0.2) is 0 Å². The average Bonchev–Trinajstić information content (AvgIpc) is 2.44. The summed E-state index contributed by atoms with van der Waals surface area (Å²) < 4.78 is 12.5. The molecule has 0 radical (unpaired) electrons. The zero-order valence-corrected chi connectivity index (χ0v) is 7.23. The first-order valence-corrected chi connectivity index (χ1v) is 4.47. The second-order valence-electron chi connectivity index (χ2n) is 4.49. The molecule has 0 N–H and O–H groups in total. The number of fused-ring (bicyclic) bond motifs is 2. The van der Waals surface area contributed by atoms with Crippen molar-refractivity contribution in [3.63, 3.8) is 0 Å². The Bertz CT molecular complexity index is 203. The first kappa shape index (κ1) is 7.33. The largest absolute Gasteiger partial charge is 0.216 e. The van der Waals surface area contributed by atoms with Crippen LogP contribution in [0.2, 0.25) is 0 Å². The lowest BCUT2D eigenvalue weighted by atomic mass is 9.73. The van der Waals surface area contributed by atoms with Gasteiger partial charge in [-0.2, -0.15) is 0 Å². The molecule has 0 saturated heterocycles. The van der Waals surface area contributed by atoms with Gasteiger partial charge >= 0.3 is 0 Å². The highest BCUT2D eigenvalue weighted by molar-refractivity contribution is 5.24. The molecule has 0 unspecified atom stereocenters. The Balaban J connectivity index is 2.36. The van der Waals surface area contributed by atoms with Crippen LogP contribution in [0.3, 0.4) is 0 Å². The Labute approximate surface area is 67.5 Å². The maximum absolute atomic E-state index is 12.5. The molecule has 0 aliphatic heterocycles. The number of allylic oxidation sites excluding steroid dienone is 1. The Kier molecular flexibility index (Phi) is 1.39. The fourth-order valence-corrected chi connectivity index (χ4v) is 2.91. The van der Waals surface area contributed by atoms with E-state index in [9.17, 15) is 4.39 Å². The summed E-state index contributed by atoms with van der Waals surface area (Å²) in [4.78, 5) is 0. The second-order valence-corrected chi connectivity index (χ2v) is 4.49. The van der Waals surface area contributed by atoms with Crippen LogP contribution in [-0.2, 0) is 0 Å². The molecule has 1 heteroatoms. The van der Waals surface area contributed by atoms with E-state index in [2.05, 4.69) is 13.8 Å². The maximum atomic E-state index is 12.5. The molecule has 2 rings (SSSR count). The Morgan fingerprint density at radius 3 is 2.55 bits per heavy atom. The molecule has 0 heterocycles. The maximum Gasteiger partial charge on any atom is 0.0867 e. The van der Waals surface area contributed by atoms with Crippen LogP contribution >= 0.6 is 0 Å². The van der Waals surface area contributed by atoms with Crippen molar-refractivity contribution in [2.24, 2.45) is 17.3 Å². The standard InChI is InChI=1S/C10H15F/c1-10(2)8-4-3-7(5-8)9(10)6-11/h6-8H,3-5H2,1-2H3/b9-6+/t7-,8+/m0/s1. The van der Waals surface area contributed by atoms with Gasteiger partial charge in [-0.3, -0.25) is 0 Å². The summed E-state index contributed by atoms with van der Waals surface area (Å²) in [5, 5.41) is 0. The highest BCUT2D eigenvalue weighted by Crippen LogP contribution is 2.58. The van der Waals surface area contributed by atoms with Gasteiger partial charge in [-0.25, -0.2) is 4.39 Å². The summed E-state index contributed by atoms with van der Waals surface area (Å²) in [6.07, 6.45) is 4.64. The molecule has 2 fully saturated rings. The van der Waals surface area contributed by atoms with E-state index in [4.69, 9.17) is 0 Å². The molecule has 0 aromatic heterocycles. The van der Waals surface area contributed by atoms with Crippen LogP contribution in [0, 0.1) is 17.3 Å². The molecule has 2 atom stereocenters. The summed E-state index contributed by atoms with van der Waals surface area (Å²) in [7, 11) is 0. The molecule has 0 amide bonds. The van der Waals surface area contributed by atoms with Gasteiger partial charge in [0.05, 0.1) is 6.33 Å². The van der Waals surface area contributed by atoms with Crippen LogP contribution in [0.25, 0.3) is 0 Å². The monoisotopic (exact) mass is 154 g/mol. The molecule has 0 aromatic rings. The number of halogens is 1. The molecular formula is C10H15F. The van der Waals surface area contributed by atoms with Crippen LogP contribution in [0.15, 0.2) is 11.9 Å². The molecule has 2 saturated carbocycles. The van der Waals surface area contributed by atoms with Gasteiger partial charge in [-0.1, -0.05) is 13.8 Å². The van der Waals surface area contributed by atoms with Gasteiger partial charge in [0, 0.05) is 0 Å². The van der Waals surface area contributed by atoms with Crippen LogP contribution in [-0.4, -0.2) is 0 Å². The van der Waals surface area contributed by atoms with Crippen molar-refractivity contribution in [2.75, 3.05) is 0 Å². The van der Waals surface area contributed by atoms with E-state index in [0.717, 1.165) is 17.8 Å². The summed E-state index contributed by atoms with van der Waals surface area (Å²) in [6.45, 7) is 4.37. The normalized spacial score (nSPS) is 43.7. The highest BCUT2D eigenvalue weighted by Gasteiger charge is 2.48. The molecular weight excluding hydrogens is 139 g/mol. The lowest BCUT2D eigenvalue weighted by Crippen LogP contribution is -2.22. The Morgan fingerprint density at radius 2 is 2.18 bits per heavy atom. The van der Waals surface area contributed by atoms with Crippen molar-refractivity contribution >= 4 is 0 Å². The third-order valence-electron chi connectivity index (χ3n) is 3.75. The van der Waals surface area contributed by atoms with Crippen molar-refractivity contribution in [3.05, 3.63) is 11.9 Å². The minimum absolute atomic E-state index is 0.164. The van der Waals surface area contributed by atoms with E-state index in [1.807, 2.05) is 0 Å². The summed E-state index contributed by atoms with van der Waals surface area (Å²) in [6, 6.07) is 0. The first-order valence-electron chi connectivity index (χ1n) is 4.47. The molecule has 2 bridgehead atoms. The van der Waals surface area contributed by atoms with E-state index >= 15 is 0 Å². The van der Waals surface area contributed by atoms with Gasteiger partial charge in [-0.15, -0.1) is 0 Å². The van der Waals surface area contributed by atoms with Crippen molar-refractivity contribution in [1.82, 2.24) is 0 Å². The zero-order valence-electron chi connectivity index (χ0n) is 7.23. The van der Waals surface area contributed by atoms with Crippen molar-refractivity contribution in [3.8, 4) is 0 Å². The lowest BCUT2D eigenvalue weighted by Gasteiger charge is -2.31. The molecule has 62 valence electrons. The van der Waals surface area contributed by atoms with Crippen LogP contribution in [0.4, 0.5) is 4.39 Å². The molecule has 0 aromatic carbocycles. The van der Waals surface area contributed by atoms with Gasteiger partial charge < -0.3 is 0 Å². The Morgan fingerprint density at radius 1 is 1.45 bits per heavy atom. The van der Waals surface area contributed by atoms with Crippen molar-refractivity contribution in [1.29, 1.82) is 0 Å². The summed E-state index contributed by atoms with van der Waals surface area (Å²) in [5.41, 5.74) is 1.24. The smallest absolute Gasteiger partial charge is 0.0867 e. The first-order chi connectivity index (χ1) is 5.16. The quantitative estimate of drug-likeness (QED) is 0.502. The van der Waals surface area contributed by atoms with E-state index in [1.165, 1.54) is 19.3 Å². The molecule has 0 nitrogen and oxygen atoms in total. The number of hydrogen-bond acceptors (Lipinski definition) is 0. The molecule has 11 heavy (non-hydrogen) atoms. The Hall–Kier alpha value is -0.330. The predicted octanol–water partition coefficient (Wildman–Crippen LogP) is 3.30. The number of rotatable bonds is 0. The summed E-state index contributed by atoms with van der Waals surface area (Å²) >= 11 is 0. The SMILES string of the molecule is CC1(C)/C(=C/F)[C@H]2CC[C@@H]1C2. The molecule has 2 aliphatic carbocycles. The topological polar surface area (TPSA) is 0 Å². The lowest BCUT2D eigenvalue weighted by molar-refractivity contribution is 0.284. The fourth-order valence-electron chi connectivity index (χ4n) is 2.91. The number of hydrogen-bond donors (Lipinski definition) is 0. The van der Waals surface area contributed by atoms with E-state index < -0.39 is 0 Å². The minimum atomic E-state index is 0.164. The van der Waals surface area contributed by atoms with Crippen molar-refractivity contribution in [2.45, 2.75) is 33.1 Å². The zero-order chi connectivity index (χ0) is 8.06. The van der Waals surface area contributed by atoms with Crippen LogP contribution in [0.1, 0.15) is 33.1 Å². The van der Waals surface area contributed by atoms with Gasteiger partial charge in [-0.05, 0) is 42.1 Å². The van der Waals surface area contributed by atoms with E-state index in [1.54, 1.807) is 0 Å². The second kappa shape index (κ2) is 2.09. The average molecular weight is 154 g/mol. The highest BCUT2D eigenvalue weighted by atomic mass is 19.1. The predicted molar refractivity (Wildman–Crippen MR) is 43.8 cm³/mol. The summed E-state index contributed by atoms with van der Waals surface area (Å²) in [5.74, 6) is 1.34. The van der Waals surface area contributed by atoms with Gasteiger partial charge in [0.25, 0.3) is 0 Å². The van der Waals surface area contributed by atoms with Gasteiger partial charge in [0.2, 0.25) is 0 Å². The van der Waals surface area contributed by atoms with Crippen LogP contribution in [0.5, 0.6) is 0 Å². The third-order valence-corrected chi connectivity index (χ3v) is 3.75. The van der Waals surface area contributed by atoms with E-state index in [0.29, 0.717) is 5.92 Å². The van der Waals surface area contributed by atoms with Gasteiger partial charge in [0.1, 0.15) is 0 Å². The molecule has 2 aliphatic rings. The minimum Gasteiger partial charge on any atom is -0.216 e. The fraction of sp³-hybridized carbons (Fsp3) is 0.800. The van der Waals surface area contributed by atoms with E-state index in [-0.39, 0.29) is 5.41 Å². The van der Waals surface area contributed by atoms with Crippen molar-refractivity contribution < 1.29 is 4.39 Å². The van der Waals surface area contributed by atoms with Crippen LogP contribution < -0.4 is 0 Å². The third kappa shape index (κ3) is 0.800.